The van der Waals surface area contributed by atoms with Gasteiger partial charge in [0.15, 0.2) is 0 Å². The average Bonchev–Trinajstić information content (AvgIpc) is 2.29. The van der Waals surface area contributed by atoms with Crippen LogP contribution >= 0.6 is 0 Å². The normalized spacial score (nSPS) is 18.5. The number of benzene rings is 1. The van der Waals surface area contributed by atoms with Gasteiger partial charge >= 0.3 is 5.97 Å². The number of rotatable bonds is 2. The largest absolute Gasteiger partial charge is 0.490 e. The van der Waals surface area contributed by atoms with Crippen molar-refractivity contribution in [3.05, 3.63) is 29.3 Å². The highest BCUT2D eigenvalue weighted by Gasteiger charge is 2.22. The highest BCUT2D eigenvalue weighted by atomic mass is 16.5. The lowest BCUT2D eigenvalue weighted by atomic mass is 9.99. The maximum absolute atomic E-state index is 11.1. The molecule has 16 heavy (non-hydrogen) atoms. The van der Waals surface area contributed by atoms with Gasteiger partial charge in [0.25, 0.3) is 0 Å². The maximum Gasteiger partial charge on any atom is 0.309 e. The minimum absolute atomic E-state index is 0.0392. The van der Waals surface area contributed by atoms with Gasteiger partial charge in [-0.15, -0.1) is 0 Å². The first-order valence-corrected chi connectivity index (χ1v) is 5.52. The van der Waals surface area contributed by atoms with Gasteiger partial charge in [-0.3, -0.25) is 4.79 Å². The summed E-state index contributed by atoms with van der Waals surface area (Å²) in [4.78, 5) is 11.1. The van der Waals surface area contributed by atoms with E-state index >= 15 is 0 Å². The van der Waals surface area contributed by atoms with E-state index in [0.29, 0.717) is 6.42 Å². The second-order valence-corrected chi connectivity index (χ2v) is 4.17. The van der Waals surface area contributed by atoms with Crippen molar-refractivity contribution in [2.24, 2.45) is 0 Å². The van der Waals surface area contributed by atoms with Crippen LogP contribution in [0.5, 0.6) is 5.75 Å². The zero-order valence-electron chi connectivity index (χ0n) is 9.66. The van der Waals surface area contributed by atoms with Crippen molar-refractivity contribution in [3.63, 3.8) is 0 Å². The Morgan fingerprint density at radius 1 is 1.56 bits per heavy atom. The molecular formula is C13H16O3. The van der Waals surface area contributed by atoms with Crippen molar-refractivity contribution in [2.45, 2.75) is 32.3 Å². The van der Waals surface area contributed by atoms with Crippen LogP contribution in [0.2, 0.25) is 0 Å². The van der Waals surface area contributed by atoms with E-state index in [1.807, 2.05) is 12.1 Å². The fourth-order valence-corrected chi connectivity index (χ4v) is 1.99. The summed E-state index contributed by atoms with van der Waals surface area (Å²) in [6, 6.07) is 6.15. The molecule has 0 fully saturated rings. The fourth-order valence-electron chi connectivity index (χ4n) is 1.99. The summed E-state index contributed by atoms with van der Waals surface area (Å²) < 4.78 is 10.4. The maximum atomic E-state index is 11.1. The number of fused-ring (bicyclic) bond motifs is 1. The topological polar surface area (TPSA) is 35.5 Å². The fraction of sp³-hybridized carbons (Fsp3) is 0.462. The number of carbonyl (C=O) groups excluding carboxylic acids is 1. The molecule has 1 atom stereocenters. The average molecular weight is 220 g/mol. The summed E-state index contributed by atoms with van der Waals surface area (Å²) in [5.74, 6) is 0.700. The lowest BCUT2D eigenvalue weighted by molar-refractivity contribution is -0.142. The molecule has 3 heteroatoms. The molecule has 1 aliphatic rings. The van der Waals surface area contributed by atoms with Crippen molar-refractivity contribution < 1.29 is 14.3 Å². The van der Waals surface area contributed by atoms with Gasteiger partial charge in [-0.2, -0.15) is 0 Å². The monoisotopic (exact) mass is 220 g/mol. The number of esters is 1. The lowest BCUT2D eigenvalue weighted by Crippen LogP contribution is -2.26. The van der Waals surface area contributed by atoms with Gasteiger partial charge in [0.1, 0.15) is 11.9 Å². The van der Waals surface area contributed by atoms with E-state index in [9.17, 15) is 4.79 Å². The molecule has 0 saturated carbocycles. The Labute approximate surface area is 95.4 Å². The van der Waals surface area contributed by atoms with E-state index < -0.39 is 0 Å². The predicted octanol–water partition coefficient (Wildman–Crippen LogP) is 2.25. The summed E-state index contributed by atoms with van der Waals surface area (Å²) in [5, 5.41) is 0. The molecule has 0 N–H and O–H groups in total. The van der Waals surface area contributed by atoms with Crippen LogP contribution in [-0.2, 0) is 16.0 Å². The minimum Gasteiger partial charge on any atom is -0.490 e. The quantitative estimate of drug-likeness (QED) is 0.717. The van der Waals surface area contributed by atoms with Gasteiger partial charge in [0.2, 0.25) is 0 Å². The second kappa shape index (κ2) is 4.56. The van der Waals surface area contributed by atoms with Crippen LogP contribution in [0.15, 0.2) is 18.2 Å². The lowest BCUT2D eigenvalue weighted by Gasteiger charge is -2.25. The van der Waals surface area contributed by atoms with E-state index in [1.54, 1.807) is 0 Å². The molecule has 0 aromatic heterocycles. The molecule has 86 valence electrons. The predicted molar refractivity (Wildman–Crippen MR) is 60.5 cm³/mol. The van der Waals surface area contributed by atoms with Crippen molar-refractivity contribution in [1.29, 1.82) is 0 Å². The molecule has 1 aromatic carbocycles. The van der Waals surface area contributed by atoms with Crippen LogP contribution in [0.25, 0.3) is 0 Å². The molecule has 0 saturated heterocycles. The highest BCUT2D eigenvalue weighted by Crippen LogP contribution is 2.29. The Kier molecular flexibility index (Phi) is 3.13. The number of methoxy groups -OCH3 is 1. The molecule has 1 aromatic rings. The number of hydrogen-bond acceptors (Lipinski definition) is 3. The smallest absolute Gasteiger partial charge is 0.309 e. The molecule has 0 bridgehead atoms. The van der Waals surface area contributed by atoms with Gasteiger partial charge in [0, 0.05) is 0 Å². The first-order chi connectivity index (χ1) is 7.69. The molecule has 0 radical (unpaired) electrons. The van der Waals surface area contributed by atoms with E-state index in [-0.39, 0.29) is 12.1 Å². The molecule has 3 nitrogen and oxygen atoms in total. The van der Waals surface area contributed by atoms with E-state index in [1.165, 1.54) is 18.2 Å². The van der Waals surface area contributed by atoms with Gasteiger partial charge in [-0.05, 0) is 31.4 Å². The molecular weight excluding hydrogens is 204 g/mol. The third-order valence-electron chi connectivity index (χ3n) is 2.87. The van der Waals surface area contributed by atoms with Crippen LogP contribution < -0.4 is 4.74 Å². The number of aryl methyl sites for hydroxylation is 2. The van der Waals surface area contributed by atoms with Crippen molar-refractivity contribution in [3.8, 4) is 5.75 Å². The number of ether oxygens (including phenoxy) is 2. The molecule has 1 aliphatic heterocycles. The first kappa shape index (κ1) is 11.0. The van der Waals surface area contributed by atoms with Gasteiger partial charge in [-0.25, -0.2) is 0 Å². The summed E-state index contributed by atoms with van der Waals surface area (Å²) in [6.45, 7) is 2.07. The highest BCUT2D eigenvalue weighted by molar-refractivity contribution is 5.69. The van der Waals surface area contributed by atoms with Gasteiger partial charge < -0.3 is 9.47 Å². The second-order valence-electron chi connectivity index (χ2n) is 4.17. The standard InChI is InChI=1S/C13H16O3/c1-9-3-6-12-10(7-9)4-5-11(16-12)8-13(14)15-2/h3,6-7,11H,4-5,8H2,1-2H3. The molecule has 0 aliphatic carbocycles. The van der Waals surface area contributed by atoms with E-state index in [4.69, 9.17) is 4.74 Å². The molecule has 2 rings (SSSR count). The van der Waals surface area contributed by atoms with Crippen LogP contribution in [0.1, 0.15) is 24.0 Å². The zero-order chi connectivity index (χ0) is 11.5. The van der Waals surface area contributed by atoms with Crippen molar-refractivity contribution in [2.75, 3.05) is 7.11 Å². The Bertz CT molecular complexity index is 398. The minimum atomic E-state index is -0.208. The van der Waals surface area contributed by atoms with Crippen LogP contribution in [0.3, 0.4) is 0 Å². The summed E-state index contributed by atoms with van der Waals surface area (Å²) in [7, 11) is 1.41. The Morgan fingerprint density at radius 2 is 2.38 bits per heavy atom. The molecule has 1 heterocycles. The van der Waals surface area contributed by atoms with Crippen LogP contribution in [0.4, 0.5) is 0 Å². The van der Waals surface area contributed by atoms with E-state index in [0.717, 1.165) is 18.6 Å². The van der Waals surface area contributed by atoms with E-state index in [2.05, 4.69) is 17.7 Å². The zero-order valence-corrected chi connectivity index (χ0v) is 9.66. The number of carbonyl (C=O) groups is 1. The third kappa shape index (κ3) is 2.35. The van der Waals surface area contributed by atoms with Crippen LogP contribution in [0, 0.1) is 6.92 Å². The Hall–Kier alpha value is -1.51. The SMILES string of the molecule is COC(=O)CC1CCc2cc(C)ccc2O1. The molecule has 0 spiro atoms. The summed E-state index contributed by atoms with van der Waals surface area (Å²) in [6.07, 6.45) is 2.15. The van der Waals surface area contributed by atoms with Crippen LogP contribution in [-0.4, -0.2) is 19.2 Å². The Morgan fingerprint density at radius 3 is 3.12 bits per heavy atom. The van der Waals surface area contributed by atoms with Crippen molar-refractivity contribution in [1.82, 2.24) is 0 Å². The molecule has 0 amide bonds. The van der Waals surface area contributed by atoms with Crippen molar-refractivity contribution >= 4 is 5.97 Å². The van der Waals surface area contributed by atoms with Gasteiger partial charge in [0.05, 0.1) is 13.5 Å². The Balaban J connectivity index is 2.06. The summed E-state index contributed by atoms with van der Waals surface area (Å²) in [5.41, 5.74) is 2.48. The summed E-state index contributed by atoms with van der Waals surface area (Å²) >= 11 is 0. The van der Waals surface area contributed by atoms with Gasteiger partial charge in [-0.1, -0.05) is 17.7 Å². The number of hydrogen-bond donors (Lipinski definition) is 0. The third-order valence-corrected chi connectivity index (χ3v) is 2.87. The first-order valence-electron chi connectivity index (χ1n) is 5.52. The molecule has 1 unspecified atom stereocenters.